The summed E-state index contributed by atoms with van der Waals surface area (Å²) in [6, 6.07) is 16.2. The number of para-hydroxylation sites is 1. The van der Waals surface area contributed by atoms with Gasteiger partial charge in [-0.05, 0) is 48.0 Å². The molecule has 3 aromatic carbocycles. The van der Waals surface area contributed by atoms with Crippen molar-refractivity contribution in [1.82, 2.24) is 4.98 Å². The zero-order valence-electron chi connectivity index (χ0n) is 18.1. The van der Waals surface area contributed by atoms with Crippen LogP contribution in [-0.4, -0.2) is 38.4 Å². The minimum atomic E-state index is -0.463. The van der Waals surface area contributed by atoms with Crippen molar-refractivity contribution in [2.75, 3.05) is 26.3 Å². The standard InChI is InChI=1S/C24H20FN3O4S/c1-30-17-11-12-19-21(13-17)33-24(27-19)28(26-14-15-7-9-16(25)10-8-15)23(29)18-5-4-6-20(31-2)22(18)32-3/h4-14H,1-3H3/b26-14+. The van der Waals surface area contributed by atoms with Crippen LogP contribution in [0.25, 0.3) is 10.2 Å². The molecule has 0 unspecified atom stereocenters. The molecule has 0 aliphatic heterocycles. The lowest BCUT2D eigenvalue weighted by Gasteiger charge is -2.17. The fourth-order valence-corrected chi connectivity index (χ4v) is 4.09. The van der Waals surface area contributed by atoms with Crippen molar-refractivity contribution < 1.29 is 23.4 Å². The van der Waals surface area contributed by atoms with Crippen LogP contribution in [0.4, 0.5) is 9.52 Å². The molecule has 168 valence electrons. The summed E-state index contributed by atoms with van der Waals surface area (Å²) in [6.45, 7) is 0. The van der Waals surface area contributed by atoms with Crippen LogP contribution in [0.5, 0.6) is 17.2 Å². The summed E-state index contributed by atoms with van der Waals surface area (Å²) in [5.41, 5.74) is 1.57. The molecule has 0 saturated heterocycles. The van der Waals surface area contributed by atoms with E-state index in [9.17, 15) is 9.18 Å². The second-order valence-electron chi connectivity index (χ2n) is 6.78. The first kappa shape index (κ1) is 22.2. The lowest BCUT2D eigenvalue weighted by Crippen LogP contribution is -2.26. The van der Waals surface area contributed by atoms with E-state index in [-0.39, 0.29) is 17.1 Å². The normalized spacial score (nSPS) is 11.0. The summed E-state index contributed by atoms with van der Waals surface area (Å²) in [4.78, 5) is 18.2. The van der Waals surface area contributed by atoms with E-state index >= 15 is 0 Å². The maximum absolute atomic E-state index is 13.6. The Morgan fingerprint density at radius 1 is 1.03 bits per heavy atom. The monoisotopic (exact) mass is 465 g/mol. The predicted octanol–water partition coefficient (Wildman–Crippen LogP) is 5.14. The quantitative estimate of drug-likeness (QED) is 0.279. The van der Waals surface area contributed by atoms with Gasteiger partial charge in [-0.3, -0.25) is 4.79 Å². The van der Waals surface area contributed by atoms with Gasteiger partial charge in [0.15, 0.2) is 11.5 Å². The second kappa shape index (κ2) is 9.66. The third-order valence-corrected chi connectivity index (χ3v) is 5.78. The number of amides is 1. The zero-order chi connectivity index (χ0) is 23.4. The molecular weight excluding hydrogens is 445 g/mol. The molecule has 0 atom stereocenters. The van der Waals surface area contributed by atoms with Crippen molar-refractivity contribution in [3.05, 3.63) is 77.6 Å². The van der Waals surface area contributed by atoms with E-state index < -0.39 is 5.91 Å². The van der Waals surface area contributed by atoms with Gasteiger partial charge >= 0.3 is 0 Å². The third kappa shape index (κ3) is 4.63. The molecule has 1 heterocycles. The number of fused-ring (bicyclic) bond motifs is 1. The topological polar surface area (TPSA) is 73.2 Å². The first-order chi connectivity index (χ1) is 16.0. The molecule has 1 amide bonds. The van der Waals surface area contributed by atoms with Crippen LogP contribution in [0.3, 0.4) is 0 Å². The summed E-state index contributed by atoms with van der Waals surface area (Å²) in [5.74, 6) is 0.561. The highest BCUT2D eigenvalue weighted by molar-refractivity contribution is 7.22. The fourth-order valence-electron chi connectivity index (χ4n) is 3.14. The number of hydrogen-bond donors (Lipinski definition) is 0. The van der Waals surface area contributed by atoms with Gasteiger partial charge in [0.2, 0.25) is 5.13 Å². The van der Waals surface area contributed by atoms with Gasteiger partial charge in [0, 0.05) is 0 Å². The maximum atomic E-state index is 13.6. The summed E-state index contributed by atoms with van der Waals surface area (Å²) >= 11 is 1.29. The maximum Gasteiger partial charge on any atom is 0.284 e. The predicted molar refractivity (Wildman–Crippen MR) is 127 cm³/mol. The molecule has 7 nitrogen and oxygen atoms in total. The number of anilines is 1. The number of hydrazone groups is 1. The van der Waals surface area contributed by atoms with Gasteiger partial charge in [0.05, 0.1) is 43.3 Å². The van der Waals surface area contributed by atoms with Gasteiger partial charge in [-0.15, -0.1) is 0 Å². The molecule has 33 heavy (non-hydrogen) atoms. The largest absolute Gasteiger partial charge is 0.497 e. The Balaban J connectivity index is 1.81. The summed E-state index contributed by atoms with van der Waals surface area (Å²) < 4.78 is 30.2. The average Bonchev–Trinajstić information content (AvgIpc) is 3.27. The van der Waals surface area contributed by atoms with Gasteiger partial charge in [-0.1, -0.05) is 29.5 Å². The molecule has 0 radical (unpaired) electrons. The van der Waals surface area contributed by atoms with Gasteiger partial charge in [0.25, 0.3) is 5.91 Å². The lowest BCUT2D eigenvalue weighted by atomic mass is 10.1. The third-order valence-electron chi connectivity index (χ3n) is 4.78. The summed E-state index contributed by atoms with van der Waals surface area (Å²) in [5, 5.41) is 5.94. The number of nitrogens with zero attached hydrogens (tertiary/aromatic N) is 3. The summed E-state index contributed by atoms with van der Waals surface area (Å²) in [7, 11) is 4.54. The van der Waals surface area contributed by atoms with Crippen LogP contribution < -0.4 is 19.2 Å². The van der Waals surface area contributed by atoms with E-state index in [0.29, 0.717) is 27.7 Å². The van der Waals surface area contributed by atoms with E-state index in [4.69, 9.17) is 14.2 Å². The first-order valence-corrected chi connectivity index (χ1v) is 10.6. The Kier molecular flexibility index (Phi) is 6.50. The minimum absolute atomic E-state index is 0.255. The van der Waals surface area contributed by atoms with Crippen molar-refractivity contribution in [2.24, 2.45) is 5.10 Å². The van der Waals surface area contributed by atoms with E-state index in [1.54, 1.807) is 43.5 Å². The van der Waals surface area contributed by atoms with Crippen molar-refractivity contribution in [2.45, 2.75) is 0 Å². The van der Waals surface area contributed by atoms with Gasteiger partial charge < -0.3 is 14.2 Å². The molecule has 9 heteroatoms. The fraction of sp³-hybridized carbons (Fsp3) is 0.125. The van der Waals surface area contributed by atoms with Gasteiger partial charge in [-0.25, -0.2) is 9.37 Å². The Morgan fingerprint density at radius 3 is 2.52 bits per heavy atom. The average molecular weight is 466 g/mol. The van der Waals surface area contributed by atoms with E-state index in [1.165, 1.54) is 48.9 Å². The number of carbonyl (C=O) groups is 1. The SMILES string of the molecule is COc1ccc2nc(N(/N=C/c3ccc(F)cc3)C(=O)c3cccc(OC)c3OC)sc2c1. The van der Waals surface area contributed by atoms with Crippen LogP contribution >= 0.6 is 11.3 Å². The van der Waals surface area contributed by atoms with Crippen LogP contribution in [0.2, 0.25) is 0 Å². The number of carbonyl (C=O) groups excluding carboxylic acids is 1. The van der Waals surface area contributed by atoms with E-state index in [2.05, 4.69) is 10.1 Å². The highest BCUT2D eigenvalue weighted by Gasteiger charge is 2.25. The Labute approximate surface area is 193 Å². The first-order valence-electron chi connectivity index (χ1n) is 9.83. The number of rotatable bonds is 7. The van der Waals surface area contributed by atoms with Crippen molar-refractivity contribution >= 4 is 38.8 Å². The molecule has 0 fully saturated rings. The van der Waals surface area contributed by atoms with Crippen LogP contribution in [0.15, 0.2) is 65.8 Å². The number of benzene rings is 3. The summed E-state index contributed by atoms with van der Waals surface area (Å²) in [6.07, 6.45) is 1.47. The number of halogens is 1. The smallest absolute Gasteiger partial charge is 0.284 e. The van der Waals surface area contributed by atoms with Crippen LogP contribution in [-0.2, 0) is 0 Å². The molecule has 0 aliphatic carbocycles. The highest BCUT2D eigenvalue weighted by Crippen LogP contribution is 2.35. The number of hydrogen-bond acceptors (Lipinski definition) is 7. The molecular formula is C24H20FN3O4S. The second-order valence-corrected chi connectivity index (χ2v) is 7.79. The number of thiazole rings is 1. The van der Waals surface area contributed by atoms with Crippen molar-refractivity contribution in [3.63, 3.8) is 0 Å². The number of ether oxygens (including phenoxy) is 3. The molecule has 1 aromatic heterocycles. The molecule has 0 aliphatic rings. The molecule has 4 rings (SSSR count). The lowest BCUT2D eigenvalue weighted by molar-refractivity contribution is 0.0984. The van der Waals surface area contributed by atoms with Gasteiger partial charge in [-0.2, -0.15) is 10.1 Å². The molecule has 0 spiro atoms. The van der Waals surface area contributed by atoms with Gasteiger partial charge in [0.1, 0.15) is 11.6 Å². The highest BCUT2D eigenvalue weighted by atomic mass is 32.1. The van der Waals surface area contributed by atoms with Crippen molar-refractivity contribution in [1.29, 1.82) is 0 Å². The van der Waals surface area contributed by atoms with Crippen LogP contribution in [0.1, 0.15) is 15.9 Å². The molecule has 0 saturated carbocycles. The van der Waals surface area contributed by atoms with E-state index in [1.807, 2.05) is 12.1 Å². The number of methoxy groups -OCH3 is 3. The minimum Gasteiger partial charge on any atom is -0.497 e. The Bertz CT molecular complexity index is 1320. The molecule has 4 aromatic rings. The van der Waals surface area contributed by atoms with E-state index in [0.717, 1.165) is 4.70 Å². The Morgan fingerprint density at radius 2 is 1.82 bits per heavy atom. The molecule has 0 bridgehead atoms. The zero-order valence-corrected chi connectivity index (χ0v) is 18.9. The number of aromatic nitrogens is 1. The molecule has 0 N–H and O–H groups in total. The Hall–Kier alpha value is -3.98. The van der Waals surface area contributed by atoms with Crippen LogP contribution in [0, 0.1) is 5.82 Å². The van der Waals surface area contributed by atoms with Crippen molar-refractivity contribution in [3.8, 4) is 17.2 Å².